The molecule has 0 radical (unpaired) electrons. The van der Waals surface area contributed by atoms with Crippen molar-refractivity contribution in [3.05, 3.63) is 29.2 Å². The highest BCUT2D eigenvalue weighted by atomic mass is 31.0. The third-order valence-electron chi connectivity index (χ3n) is 3.35. The number of nitrogens with one attached hydrogen (secondary N) is 1. The Morgan fingerprint density at radius 1 is 1.32 bits per heavy atom. The van der Waals surface area contributed by atoms with Crippen LogP contribution in [0, 0.1) is 0 Å². The molecule has 1 atom stereocenters. The maximum atomic E-state index is 4.75. The first-order chi connectivity index (χ1) is 9.33. The van der Waals surface area contributed by atoms with Crippen LogP contribution in [0.1, 0.15) is 29.9 Å². The summed E-state index contributed by atoms with van der Waals surface area (Å²) in [6.07, 6.45) is 5.11. The second kappa shape index (κ2) is 5.61. The summed E-state index contributed by atoms with van der Waals surface area (Å²) in [5.41, 5.74) is 2.49. The number of tetrazole rings is 1. The van der Waals surface area contributed by atoms with Crippen LogP contribution < -0.4 is 4.67 Å². The molecule has 0 spiro atoms. The Hall–Kier alpha value is -1.55. The summed E-state index contributed by atoms with van der Waals surface area (Å²) in [7, 11) is 2.76. The van der Waals surface area contributed by atoms with Gasteiger partial charge in [0.15, 0.2) is 5.82 Å². The van der Waals surface area contributed by atoms with E-state index in [2.05, 4.69) is 46.8 Å². The van der Waals surface area contributed by atoms with Crippen molar-refractivity contribution in [1.29, 1.82) is 0 Å². The van der Waals surface area contributed by atoms with Crippen molar-refractivity contribution in [1.82, 2.24) is 25.6 Å². The van der Waals surface area contributed by atoms with E-state index < -0.39 is 0 Å². The lowest BCUT2D eigenvalue weighted by Crippen LogP contribution is -2.20. The van der Waals surface area contributed by atoms with Gasteiger partial charge in [-0.3, -0.25) is 0 Å². The zero-order chi connectivity index (χ0) is 13.1. The van der Waals surface area contributed by atoms with E-state index in [0.29, 0.717) is 0 Å². The fourth-order valence-electron chi connectivity index (χ4n) is 2.36. The molecule has 1 aliphatic rings. The van der Waals surface area contributed by atoms with Crippen molar-refractivity contribution in [3.63, 3.8) is 0 Å². The second-order valence-corrected chi connectivity index (χ2v) is 5.39. The molecule has 100 valence electrons. The Bertz CT molecular complexity index is 541. The van der Waals surface area contributed by atoms with Gasteiger partial charge < -0.3 is 4.67 Å². The number of aromatic nitrogens is 5. The summed E-state index contributed by atoms with van der Waals surface area (Å²) < 4.78 is 2.17. The van der Waals surface area contributed by atoms with E-state index in [1.165, 1.54) is 12.0 Å². The smallest absolute Gasteiger partial charge is 0.174 e. The summed E-state index contributed by atoms with van der Waals surface area (Å²) >= 11 is 0. The molecule has 0 fully saturated rings. The number of hydrogen-bond donors (Lipinski definition) is 1. The minimum Gasteiger partial charge on any atom is -0.341 e. The van der Waals surface area contributed by atoms with E-state index in [9.17, 15) is 0 Å². The minimum atomic E-state index is 0.769. The normalized spacial score (nSPS) is 14.5. The van der Waals surface area contributed by atoms with Crippen LogP contribution in [0.5, 0.6) is 0 Å². The molecule has 0 saturated carbocycles. The van der Waals surface area contributed by atoms with E-state index in [1.807, 2.05) is 0 Å². The number of anilines is 1. The summed E-state index contributed by atoms with van der Waals surface area (Å²) in [6, 6.07) is 4.35. The molecule has 1 aliphatic heterocycles. The molecule has 2 aromatic rings. The number of nitrogens with zero attached hydrogens (tertiary/aromatic N) is 5. The SMILES string of the molecule is PN1CCCc2ccc(CCCc3nn[nH]n3)nc21. The standard InChI is InChI=1S/C12H17N6P/c19-18-8-2-3-9-6-7-10(13-12(9)18)4-1-5-11-14-16-17-15-11/h6-7H,1-5,8,19H2,(H,14,15,16,17). The summed E-state index contributed by atoms with van der Waals surface area (Å²) in [5.74, 6) is 1.89. The van der Waals surface area contributed by atoms with Gasteiger partial charge in [-0.2, -0.15) is 5.21 Å². The molecule has 1 N–H and O–H groups in total. The average molecular weight is 276 g/mol. The minimum absolute atomic E-state index is 0.769. The van der Waals surface area contributed by atoms with Gasteiger partial charge in [-0.05, 0) is 46.7 Å². The topological polar surface area (TPSA) is 70.6 Å². The van der Waals surface area contributed by atoms with Crippen LogP contribution in [-0.2, 0) is 19.3 Å². The quantitative estimate of drug-likeness (QED) is 0.853. The van der Waals surface area contributed by atoms with E-state index in [1.54, 1.807) is 0 Å². The summed E-state index contributed by atoms with van der Waals surface area (Å²) in [5, 5.41) is 13.9. The van der Waals surface area contributed by atoms with E-state index in [-0.39, 0.29) is 0 Å². The van der Waals surface area contributed by atoms with Gasteiger partial charge in [-0.15, -0.1) is 10.2 Å². The highest BCUT2D eigenvalue weighted by Crippen LogP contribution is 2.27. The Balaban J connectivity index is 1.63. The first-order valence-corrected chi connectivity index (χ1v) is 7.08. The van der Waals surface area contributed by atoms with Crippen molar-refractivity contribution >= 4 is 15.2 Å². The molecule has 0 aliphatic carbocycles. The van der Waals surface area contributed by atoms with Crippen LogP contribution in [0.4, 0.5) is 5.82 Å². The number of aromatic amines is 1. The van der Waals surface area contributed by atoms with Crippen molar-refractivity contribution in [2.24, 2.45) is 0 Å². The number of aryl methyl sites for hydroxylation is 3. The predicted molar refractivity (Wildman–Crippen MR) is 75.8 cm³/mol. The van der Waals surface area contributed by atoms with Gasteiger partial charge in [-0.25, -0.2) is 4.98 Å². The Morgan fingerprint density at radius 2 is 2.26 bits per heavy atom. The van der Waals surface area contributed by atoms with Crippen LogP contribution in [0.25, 0.3) is 0 Å². The van der Waals surface area contributed by atoms with E-state index in [0.717, 1.165) is 49.6 Å². The molecular weight excluding hydrogens is 259 g/mol. The molecule has 0 aromatic carbocycles. The monoisotopic (exact) mass is 276 g/mol. The zero-order valence-corrected chi connectivity index (χ0v) is 11.9. The maximum Gasteiger partial charge on any atom is 0.174 e. The highest BCUT2D eigenvalue weighted by molar-refractivity contribution is 7.19. The number of H-pyrrole nitrogens is 1. The van der Waals surface area contributed by atoms with Crippen molar-refractivity contribution < 1.29 is 0 Å². The molecule has 0 amide bonds. The first-order valence-electron chi connectivity index (χ1n) is 6.56. The summed E-state index contributed by atoms with van der Waals surface area (Å²) in [4.78, 5) is 4.75. The van der Waals surface area contributed by atoms with Crippen LogP contribution in [0.2, 0.25) is 0 Å². The molecule has 3 rings (SSSR count). The predicted octanol–water partition coefficient (Wildman–Crippen LogP) is 1.31. The summed E-state index contributed by atoms with van der Waals surface area (Å²) in [6.45, 7) is 1.07. The lowest BCUT2D eigenvalue weighted by atomic mass is 10.1. The second-order valence-electron chi connectivity index (χ2n) is 4.76. The van der Waals surface area contributed by atoms with Crippen molar-refractivity contribution in [2.45, 2.75) is 32.1 Å². The van der Waals surface area contributed by atoms with Crippen LogP contribution in [0.3, 0.4) is 0 Å². The van der Waals surface area contributed by atoms with E-state index >= 15 is 0 Å². The van der Waals surface area contributed by atoms with Crippen molar-refractivity contribution in [3.8, 4) is 0 Å². The Morgan fingerprint density at radius 3 is 3.11 bits per heavy atom. The largest absolute Gasteiger partial charge is 0.341 e. The number of fused-ring (bicyclic) bond motifs is 1. The van der Waals surface area contributed by atoms with Crippen molar-refractivity contribution in [2.75, 3.05) is 11.2 Å². The third-order valence-corrected chi connectivity index (χ3v) is 3.86. The van der Waals surface area contributed by atoms with Gasteiger partial charge in [0.05, 0.1) is 0 Å². The van der Waals surface area contributed by atoms with Gasteiger partial charge in [-0.1, -0.05) is 11.3 Å². The number of rotatable bonds is 4. The molecule has 1 unspecified atom stereocenters. The highest BCUT2D eigenvalue weighted by Gasteiger charge is 2.15. The fourth-order valence-corrected chi connectivity index (χ4v) is 2.77. The van der Waals surface area contributed by atoms with Crippen LogP contribution in [0.15, 0.2) is 12.1 Å². The van der Waals surface area contributed by atoms with E-state index in [4.69, 9.17) is 4.98 Å². The molecule has 2 aromatic heterocycles. The Kier molecular flexibility index (Phi) is 3.69. The lowest BCUT2D eigenvalue weighted by molar-refractivity contribution is 0.743. The Labute approximate surface area is 114 Å². The van der Waals surface area contributed by atoms with Gasteiger partial charge in [0.1, 0.15) is 5.82 Å². The molecule has 7 heteroatoms. The molecule has 3 heterocycles. The average Bonchev–Trinajstić information content (AvgIpc) is 2.93. The number of pyridine rings is 1. The van der Waals surface area contributed by atoms with Gasteiger partial charge >= 0.3 is 0 Å². The maximum absolute atomic E-state index is 4.75. The van der Waals surface area contributed by atoms with Gasteiger partial charge in [0.25, 0.3) is 0 Å². The molecule has 0 bridgehead atoms. The molecule has 19 heavy (non-hydrogen) atoms. The third kappa shape index (κ3) is 2.89. The number of hydrogen-bond acceptors (Lipinski definition) is 5. The van der Waals surface area contributed by atoms with Crippen LogP contribution in [-0.4, -0.2) is 32.2 Å². The lowest BCUT2D eigenvalue weighted by Gasteiger charge is -2.26. The van der Waals surface area contributed by atoms with Crippen LogP contribution >= 0.6 is 9.39 Å². The molecule has 0 saturated heterocycles. The first kappa shape index (κ1) is 12.5. The molecular formula is C12H17N6P. The fraction of sp³-hybridized carbons (Fsp3) is 0.500. The molecule has 6 nitrogen and oxygen atoms in total. The zero-order valence-electron chi connectivity index (χ0n) is 10.7. The van der Waals surface area contributed by atoms with Gasteiger partial charge in [0, 0.05) is 18.7 Å². The van der Waals surface area contributed by atoms with Gasteiger partial charge in [0.2, 0.25) is 0 Å².